The highest BCUT2D eigenvalue weighted by molar-refractivity contribution is 7.99. The zero-order chi connectivity index (χ0) is 24.7. The molecular weight excluding hydrogens is 456 g/mol. The molecule has 0 bridgehead atoms. The lowest BCUT2D eigenvalue weighted by Crippen LogP contribution is -2.33. The number of nitrogens with zero attached hydrogens (tertiary/aromatic N) is 4. The number of anilines is 1. The Morgan fingerprint density at radius 2 is 1.76 bits per heavy atom. The van der Waals surface area contributed by atoms with Crippen LogP contribution in [0, 0.1) is 16.0 Å². The third-order valence-corrected chi connectivity index (χ3v) is 6.00. The lowest BCUT2D eigenvalue weighted by atomic mass is 10.0. The van der Waals surface area contributed by atoms with Crippen molar-refractivity contribution < 1.29 is 14.5 Å². The number of rotatable bonds is 10. The van der Waals surface area contributed by atoms with Gasteiger partial charge in [0.2, 0.25) is 5.91 Å². The van der Waals surface area contributed by atoms with Gasteiger partial charge in [-0.3, -0.25) is 19.7 Å². The molecule has 1 aromatic heterocycles. The molecule has 0 fully saturated rings. The van der Waals surface area contributed by atoms with E-state index >= 15 is 0 Å². The molecule has 1 heterocycles. The van der Waals surface area contributed by atoms with Crippen LogP contribution in [0.25, 0.3) is 0 Å². The number of nitrogens with one attached hydrogen (secondary N) is 2. The Kier molecular flexibility index (Phi) is 8.36. The normalized spacial score (nSPS) is 11.8. The third-order valence-electron chi connectivity index (χ3n) is 5.04. The summed E-state index contributed by atoms with van der Waals surface area (Å²) in [5, 5.41) is 25.8. The SMILES string of the molecule is CCn1c(SCC(=O)Nc2ccccc2[N+](=O)[O-])nnc1[C@H](NC(=O)c1ccccc1)C(C)C. The molecule has 0 unspecified atom stereocenters. The number of para-hydroxylation sites is 2. The molecule has 0 aliphatic heterocycles. The largest absolute Gasteiger partial charge is 0.342 e. The highest BCUT2D eigenvalue weighted by Crippen LogP contribution is 2.27. The van der Waals surface area contributed by atoms with Crippen molar-refractivity contribution in [2.75, 3.05) is 11.1 Å². The molecule has 11 heteroatoms. The second-order valence-corrected chi connectivity index (χ2v) is 8.70. The van der Waals surface area contributed by atoms with Crippen LogP contribution in [0.5, 0.6) is 0 Å². The molecule has 2 amide bonds. The Hall–Kier alpha value is -3.73. The van der Waals surface area contributed by atoms with Crippen LogP contribution < -0.4 is 10.6 Å². The molecule has 0 saturated heterocycles. The number of nitro benzene ring substituents is 1. The number of thioether (sulfide) groups is 1. The number of hydrogen-bond donors (Lipinski definition) is 2. The first-order valence-electron chi connectivity index (χ1n) is 10.8. The van der Waals surface area contributed by atoms with Gasteiger partial charge in [0, 0.05) is 18.2 Å². The monoisotopic (exact) mass is 482 g/mol. The Morgan fingerprint density at radius 3 is 2.41 bits per heavy atom. The fraction of sp³-hybridized carbons (Fsp3) is 0.304. The predicted molar refractivity (Wildman–Crippen MR) is 130 cm³/mol. The topological polar surface area (TPSA) is 132 Å². The maximum atomic E-state index is 12.7. The van der Waals surface area contributed by atoms with Crippen LogP contribution in [-0.4, -0.2) is 37.3 Å². The van der Waals surface area contributed by atoms with Crippen molar-refractivity contribution in [3.63, 3.8) is 0 Å². The molecule has 2 aromatic carbocycles. The van der Waals surface area contributed by atoms with Crippen molar-refractivity contribution in [3.8, 4) is 0 Å². The molecule has 3 aromatic rings. The van der Waals surface area contributed by atoms with Crippen molar-refractivity contribution in [3.05, 3.63) is 76.1 Å². The van der Waals surface area contributed by atoms with Crippen LogP contribution in [0.4, 0.5) is 11.4 Å². The zero-order valence-corrected chi connectivity index (χ0v) is 19.9. The van der Waals surface area contributed by atoms with Crippen LogP contribution >= 0.6 is 11.8 Å². The van der Waals surface area contributed by atoms with E-state index in [0.29, 0.717) is 23.1 Å². The lowest BCUT2D eigenvalue weighted by molar-refractivity contribution is -0.383. The summed E-state index contributed by atoms with van der Waals surface area (Å²) in [6.07, 6.45) is 0. The number of carbonyl (C=O) groups is 2. The second kappa shape index (κ2) is 11.4. The number of hydrogen-bond acceptors (Lipinski definition) is 7. The third kappa shape index (κ3) is 5.98. The van der Waals surface area contributed by atoms with Gasteiger partial charge in [-0.15, -0.1) is 10.2 Å². The van der Waals surface area contributed by atoms with Gasteiger partial charge in [-0.05, 0) is 31.0 Å². The second-order valence-electron chi connectivity index (χ2n) is 7.76. The molecule has 2 N–H and O–H groups in total. The highest BCUT2D eigenvalue weighted by atomic mass is 32.2. The summed E-state index contributed by atoms with van der Waals surface area (Å²) < 4.78 is 1.86. The smallest absolute Gasteiger partial charge is 0.292 e. The first-order chi connectivity index (χ1) is 16.3. The van der Waals surface area contributed by atoms with E-state index in [0.717, 1.165) is 0 Å². The summed E-state index contributed by atoms with van der Waals surface area (Å²) in [6.45, 7) is 6.44. The van der Waals surface area contributed by atoms with Crippen molar-refractivity contribution in [1.29, 1.82) is 0 Å². The van der Waals surface area contributed by atoms with Crippen LogP contribution in [-0.2, 0) is 11.3 Å². The zero-order valence-electron chi connectivity index (χ0n) is 19.1. The molecule has 34 heavy (non-hydrogen) atoms. The molecule has 10 nitrogen and oxygen atoms in total. The minimum atomic E-state index is -0.543. The van der Waals surface area contributed by atoms with E-state index in [1.807, 2.05) is 31.4 Å². The van der Waals surface area contributed by atoms with Gasteiger partial charge in [-0.1, -0.05) is 55.9 Å². The highest BCUT2D eigenvalue weighted by Gasteiger charge is 2.26. The number of carbonyl (C=O) groups excluding carboxylic acids is 2. The number of aromatic nitrogens is 3. The fourth-order valence-electron chi connectivity index (χ4n) is 3.33. The first-order valence-corrected chi connectivity index (χ1v) is 11.8. The van der Waals surface area contributed by atoms with Crippen LogP contribution in [0.2, 0.25) is 0 Å². The van der Waals surface area contributed by atoms with Gasteiger partial charge in [0.1, 0.15) is 5.69 Å². The first kappa shape index (κ1) is 24.9. The van der Waals surface area contributed by atoms with Gasteiger partial charge in [-0.25, -0.2) is 0 Å². The van der Waals surface area contributed by atoms with Crippen LogP contribution in [0.1, 0.15) is 43.0 Å². The summed E-state index contributed by atoms with van der Waals surface area (Å²) in [7, 11) is 0. The minimum absolute atomic E-state index is 0.00704. The summed E-state index contributed by atoms with van der Waals surface area (Å²) in [4.78, 5) is 35.8. The average Bonchev–Trinajstić information content (AvgIpc) is 3.24. The van der Waals surface area contributed by atoms with Crippen molar-refractivity contribution >= 4 is 35.0 Å². The Morgan fingerprint density at radius 1 is 1.09 bits per heavy atom. The number of amides is 2. The van der Waals surface area contributed by atoms with Crippen LogP contribution in [0.3, 0.4) is 0 Å². The van der Waals surface area contributed by atoms with E-state index in [9.17, 15) is 19.7 Å². The van der Waals surface area contributed by atoms with Crippen molar-refractivity contribution in [2.24, 2.45) is 5.92 Å². The van der Waals surface area contributed by atoms with Crippen molar-refractivity contribution in [1.82, 2.24) is 20.1 Å². The average molecular weight is 483 g/mol. The van der Waals surface area contributed by atoms with E-state index < -0.39 is 10.8 Å². The number of benzene rings is 2. The standard InChI is InChI=1S/C23H26N6O4S/c1-4-28-21(20(15(2)3)25-22(31)16-10-6-5-7-11-16)26-27-23(28)34-14-19(30)24-17-12-8-9-13-18(17)29(32)33/h5-13,15,20H,4,14H2,1-3H3,(H,24,30)(H,25,31)/t20-/m1/s1. The summed E-state index contributed by atoms with van der Waals surface area (Å²) in [6, 6.07) is 14.5. The lowest BCUT2D eigenvalue weighted by Gasteiger charge is -2.22. The molecule has 0 saturated carbocycles. The van der Waals surface area contributed by atoms with Gasteiger partial charge in [0.15, 0.2) is 11.0 Å². The quantitative estimate of drug-likeness (QED) is 0.253. The molecule has 0 aliphatic rings. The Balaban J connectivity index is 1.72. The molecule has 1 atom stereocenters. The molecule has 3 rings (SSSR count). The van der Waals surface area contributed by atoms with Gasteiger partial charge in [0.05, 0.1) is 16.7 Å². The van der Waals surface area contributed by atoms with Gasteiger partial charge in [0.25, 0.3) is 11.6 Å². The van der Waals surface area contributed by atoms with E-state index in [1.165, 1.54) is 30.0 Å². The predicted octanol–water partition coefficient (Wildman–Crippen LogP) is 4.06. The number of nitro groups is 1. The van der Waals surface area contributed by atoms with Gasteiger partial charge in [-0.2, -0.15) is 0 Å². The van der Waals surface area contributed by atoms with E-state index in [4.69, 9.17) is 0 Å². The summed E-state index contributed by atoms with van der Waals surface area (Å²) in [5.74, 6) is 0.0324. The van der Waals surface area contributed by atoms with E-state index in [-0.39, 0.29) is 35.0 Å². The van der Waals surface area contributed by atoms with E-state index in [2.05, 4.69) is 20.8 Å². The fourth-order valence-corrected chi connectivity index (χ4v) is 4.14. The molecule has 178 valence electrons. The van der Waals surface area contributed by atoms with Crippen molar-refractivity contribution in [2.45, 2.75) is 38.5 Å². The van der Waals surface area contributed by atoms with Gasteiger partial charge < -0.3 is 15.2 Å². The summed E-state index contributed by atoms with van der Waals surface area (Å²) >= 11 is 1.17. The minimum Gasteiger partial charge on any atom is -0.342 e. The molecule has 0 radical (unpaired) electrons. The Labute approximate surface area is 201 Å². The van der Waals surface area contributed by atoms with Crippen LogP contribution in [0.15, 0.2) is 59.8 Å². The molecule has 0 aliphatic carbocycles. The van der Waals surface area contributed by atoms with E-state index in [1.54, 1.807) is 30.3 Å². The maximum Gasteiger partial charge on any atom is 0.292 e. The Bertz CT molecular complexity index is 1170. The summed E-state index contributed by atoms with van der Waals surface area (Å²) in [5.41, 5.74) is 0.519. The molecule has 0 spiro atoms. The molecular formula is C23H26N6O4S. The maximum absolute atomic E-state index is 12.7. The van der Waals surface area contributed by atoms with Gasteiger partial charge >= 0.3 is 0 Å².